The smallest absolute Gasteiger partial charge is 0.0771 e. The average molecular weight is 225 g/mol. The van der Waals surface area contributed by atoms with Gasteiger partial charge in [-0.3, -0.25) is 4.68 Å². The van der Waals surface area contributed by atoms with E-state index in [0.717, 1.165) is 12.2 Å². The van der Waals surface area contributed by atoms with Gasteiger partial charge in [0, 0.05) is 12.6 Å². The van der Waals surface area contributed by atoms with Gasteiger partial charge in [-0.2, -0.15) is 0 Å². The fourth-order valence-electron chi connectivity index (χ4n) is 1.74. The van der Waals surface area contributed by atoms with Gasteiger partial charge in [0.1, 0.15) is 0 Å². The van der Waals surface area contributed by atoms with Crippen molar-refractivity contribution >= 4 is 0 Å². The van der Waals surface area contributed by atoms with E-state index >= 15 is 0 Å². The fourth-order valence-corrected chi connectivity index (χ4v) is 1.74. The van der Waals surface area contributed by atoms with Crippen LogP contribution in [-0.4, -0.2) is 46.1 Å². The van der Waals surface area contributed by atoms with E-state index in [4.69, 9.17) is 0 Å². The Morgan fingerprint density at radius 1 is 1.50 bits per heavy atom. The molecule has 0 saturated heterocycles. The zero-order valence-corrected chi connectivity index (χ0v) is 11.2. The van der Waals surface area contributed by atoms with Crippen molar-refractivity contribution in [1.82, 2.24) is 25.2 Å². The second-order valence-electron chi connectivity index (χ2n) is 4.82. The van der Waals surface area contributed by atoms with Crippen molar-refractivity contribution in [3.63, 3.8) is 0 Å². The van der Waals surface area contributed by atoms with Crippen LogP contribution >= 0.6 is 0 Å². The summed E-state index contributed by atoms with van der Waals surface area (Å²) in [6, 6.07) is 0.215. The molecule has 1 aromatic heterocycles. The van der Waals surface area contributed by atoms with Crippen LogP contribution in [0.3, 0.4) is 0 Å². The first kappa shape index (κ1) is 13.1. The number of nitrogens with zero attached hydrogens (tertiary/aromatic N) is 4. The highest BCUT2D eigenvalue weighted by molar-refractivity contribution is 5.10. The largest absolute Gasteiger partial charge is 0.307 e. The summed E-state index contributed by atoms with van der Waals surface area (Å²) < 4.78 is 1.83. The number of hydrogen-bond acceptors (Lipinski definition) is 4. The van der Waals surface area contributed by atoms with Gasteiger partial charge >= 0.3 is 0 Å². The Balaban J connectivity index is 3.05. The second-order valence-corrected chi connectivity index (χ2v) is 4.82. The molecule has 0 aliphatic heterocycles. The third-order valence-electron chi connectivity index (χ3n) is 3.31. The minimum atomic E-state index is 0.00544. The molecule has 1 atom stereocenters. The monoisotopic (exact) mass is 225 g/mol. The number of hydrogen-bond donors (Lipinski definition) is 1. The van der Waals surface area contributed by atoms with Crippen LogP contribution in [0.1, 0.15) is 32.5 Å². The number of rotatable bonds is 5. The van der Waals surface area contributed by atoms with E-state index in [-0.39, 0.29) is 11.6 Å². The minimum absolute atomic E-state index is 0.00544. The predicted octanol–water partition coefficient (Wildman–Crippen LogP) is 0.806. The van der Waals surface area contributed by atoms with Gasteiger partial charge in [0.15, 0.2) is 0 Å². The average Bonchev–Trinajstić information content (AvgIpc) is 2.60. The topological polar surface area (TPSA) is 46.0 Å². The van der Waals surface area contributed by atoms with Crippen molar-refractivity contribution in [3.8, 4) is 0 Å². The Bertz CT molecular complexity index is 329. The molecular weight excluding hydrogens is 202 g/mol. The normalized spacial score (nSPS) is 14.4. The molecule has 5 nitrogen and oxygen atoms in total. The van der Waals surface area contributed by atoms with E-state index in [2.05, 4.69) is 55.4 Å². The third kappa shape index (κ3) is 2.41. The van der Waals surface area contributed by atoms with E-state index < -0.39 is 0 Å². The van der Waals surface area contributed by atoms with Crippen LogP contribution in [0.25, 0.3) is 0 Å². The maximum Gasteiger partial charge on any atom is 0.0771 e. The van der Waals surface area contributed by atoms with Gasteiger partial charge in [0.25, 0.3) is 0 Å². The molecular formula is C11H23N5. The quantitative estimate of drug-likeness (QED) is 0.805. The van der Waals surface area contributed by atoms with Crippen LogP contribution in [0.15, 0.2) is 6.20 Å². The Hall–Kier alpha value is -0.940. The number of likely N-dealkylation sites (N-methyl/N-ethyl adjacent to an activating group) is 2. The molecule has 0 aromatic carbocycles. The highest BCUT2D eigenvalue weighted by atomic mass is 15.4. The van der Waals surface area contributed by atoms with Crippen LogP contribution in [0.5, 0.6) is 0 Å². The van der Waals surface area contributed by atoms with Gasteiger partial charge in [-0.25, -0.2) is 0 Å². The number of nitrogens with one attached hydrogen (secondary N) is 1. The zero-order chi connectivity index (χ0) is 12.3. The van der Waals surface area contributed by atoms with E-state index in [0.29, 0.717) is 0 Å². The van der Waals surface area contributed by atoms with Gasteiger partial charge in [0.05, 0.1) is 17.9 Å². The molecule has 5 heteroatoms. The molecule has 1 heterocycles. The van der Waals surface area contributed by atoms with Crippen LogP contribution in [0.2, 0.25) is 0 Å². The molecule has 0 aliphatic rings. The Labute approximate surface area is 97.8 Å². The molecule has 0 fully saturated rings. The van der Waals surface area contributed by atoms with Gasteiger partial charge in [0.2, 0.25) is 0 Å². The van der Waals surface area contributed by atoms with Gasteiger partial charge in [-0.05, 0) is 34.5 Å². The standard InChI is InChI=1S/C11H23N5/c1-7-12-10(11(2,3)15(4)5)9-8-13-14-16(9)6/h8,10,12H,7H2,1-6H3. The molecule has 1 aromatic rings. The van der Waals surface area contributed by atoms with Crippen LogP contribution in [0, 0.1) is 0 Å². The molecule has 92 valence electrons. The van der Waals surface area contributed by atoms with Crippen molar-refractivity contribution < 1.29 is 0 Å². The molecule has 1 unspecified atom stereocenters. The van der Waals surface area contributed by atoms with E-state index in [1.54, 1.807) is 0 Å². The molecule has 0 saturated carbocycles. The summed E-state index contributed by atoms with van der Waals surface area (Å²) in [5.74, 6) is 0. The lowest BCUT2D eigenvalue weighted by Crippen LogP contribution is -2.50. The molecule has 0 radical (unpaired) electrons. The third-order valence-corrected chi connectivity index (χ3v) is 3.31. The summed E-state index contributed by atoms with van der Waals surface area (Å²) in [6.45, 7) is 7.47. The maximum atomic E-state index is 4.00. The molecule has 0 amide bonds. The zero-order valence-electron chi connectivity index (χ0n) is 11.2. The van der Waals surface area contributed by atoms with Crippen LogP contribution in [0.4, 0.5) is 0 Å². The first-order valence-electron chi connectivity index (χ1n) is 5.66. The molecule has 0 aliphatic carbocycles. The van der Waals surface area contributed by atoms with Crippen molar-refractivity contribution in [3.05, 3.63) is 11.9 Å². The fraction of sp³-hybridized carbons (Fsp3) is 0.818. The van der Waals surface area contributed by atoms with E-state index in [1.165, 1.54) is 0 Å². The van der Waals surface area contributed by atoms with Gasteiger partial charge < -0.3 is 10.2 Å². The van der Waals surface area contributed by atoms with Gasteiger partial charge in [-0.15, -0.1) is 5.10 Å². The predicted molar refractivity (Wildman–Crippen MR) is 65.2 cm³/mol. The van der Waals surface area contributed by atoms with Crippen molar-refractivity contribution in [1.29, 1.82) is 0 Å². The van der Waals surface area contributed by atoms with Crippen molar-refractivity contribution in [2.75, 3.05) is 20.6 Å². The Morgan fingerprint density at radius 2 is 2.12 bits per heavy atom. The first-order chi connectivity index (χ1) is 7.41. The summed E-state index contributed by atoms with van der Waals surface area (Å²) in [7, 11) is 6.11. The maximum absolute atomic E-state index is 4.00. The highest BCUT2D eigenvalue weighted by Crippen LogP contribution is 2.28. The summed E-state index contributed by atoms with van der Waals surface area (Å²) in [6.07, 6.45) is 1.83. The molecule has 0 bridgehead atoms. The lowest BCUT2D eigenvalue weighted by molar-refractivity contribution is 0.134. The van der Waals surface area contributed by atoms with Crippen LogP contribution in [-0.2, 0) is 7.05 Å². The van der Waals surface area contributed by atoms with Crippen molar-refractivity contribution in [2.24, 2.45) is 7.05 Å². The Kier molecular flexibility index (Phi) is 4.04. The highest BCUT2D eigenvalue weighted by Gasteiger charge is 2.34. The summed E-state index contributed by atoms with van der Waals surface area (Å²) >= 11 is 0. The summed E-state index contributed by atoms with van der Waals surface area (Å²) in [5.41, 5.74) is 1.12. The lowest BCUT2D eigenvalue weighted by atomic mass is 9.90. The molecule has 16 heavy (non-hydrogen) atoms. The van der Waals surface area contributed by atoms with E-state index in [9.17, 15) is 0 Å². The number of aromatic nitrogens is 3. The molecule has 1 rings (SSSR count). The minimum Gasteiger partial charge on any atom is -0.307 e. The first-order valence-corrected chi connectivity index (χ1v) is 5.66. The number of aryl methyl sites for hydroxylation is 1. The van der Waals surface area contributed by atoms with Gasteiger partial charge in [-0.1, -0.05) is 12.1 Å². The van der Waals surface area contributed by atoms with Crippen LogP contribution < -0.4 is 5.32 Å². The van der Waals surface area contributed by atoms with Crippen molar-refractivity contribution in [2.45, 2.75) is 32.4 Å². The molecule has 1 N–H and O–H groups in total. The molecule has 0 spiro atoms. The lowest BCUT2D eigenvalue weighted by Gasteiger charge is -2.40. The summed E-state index contributed by atoms with van der Waals surface area (Å²) in [5, 5.41) is 11.5. The summed E-state index contributed by atoms with van der Waals surface area (Å²) in [4.78, 5) is 2.22. The second kappa shape index (κ2) is 4.93. The van der Waals surface area contributed by atoms with E-state index in [1.807, 2.05) is 17.9 Å². The SMILES string of the molecule is CCNC(c1cnnn1C)C(C)(C)N(C)C. The Morgan fingerprint density at radius 3 is 2.50 bits per heavy atom.